The van der Waals surface area contributed by atoms with Crippen LogP contribution in [0.2, 0.25) is 0 Å². The number of hydrogen-bond acceptors (Lipinski definition) is 4. The van der Waals surface area contributed by atoms with Gasteiger partial charge in [-0.05, 0) is 30.2 Å². The van der Waals surface area contributed by atoms with Crippen molar-refractivity contribution in [3.05, 3.63) is 60.2 Å². The van der Waals surface area contributed by atoms with Gasteiger partial charge in [0.05, 0.1) is 10.6 Å². The molecule has 0 aliphatic heterocycles. The van der Waals surface area contributed by atoms with E-state index in [2.05, 4.69) is 5.32 Å². The summed E-state index contributed by atoms with van der Waals surface area (Å²) in [5.41, 5.74) is 0.740. The molecule has 0 unspecified atom stereocenters. The third-order valence-electron chi connectivity index (χ3n) is 3.41. The van der Waals surface area contributed by atoms with Gasteiger partial charge in [0.15, 0.2) is 9.84 Å². The highest BCUT2D eigenvalue weighted by molar-refractivity contribution is 7.91. The van der Waals surface area contributed by atoms with E-state index in [1.54, 1.807) is 36.4 Å². The first-order valence-electron chi connectivity index (χ1n) is 7.30. The summed E-state index contributed by atoms with van der Waals surface area (Å²) in [5.74, 6) is -0.354. The Morgan fingerprint density at radius 1 is 1.00 bits per heavy atom. The smallest absolute Gasteiger partial charge is 0.221 e. The van der Waals surface area contributed by atoms with Gasteiger partial charge >= 0.3 is 0 Å². The lowest BCUT2D eigenvalue weighted by atomic mass is 10.1. The van der Waals surface area contributed by atoms with Gasteiger partial charge in [0, 0.05) is 13.0 Å². The number of nitrogens with one attached hydrogen (secondary N) is 1. The molecule has 0 bridgehead atoms. The topological polar surface area (TPSA) is 83.5 Å². The lowest BCUT2D eigenvalue weighted by molar-refractivity contribution is -0.120. The quantitative estimate of drug-likeness (QED) is 0.811. The monoisotopic (exact) mass is 333 g/mol. The first kappa shape index (κ1) is 17.0. The number of carbonyl (C=O) groups is 1. The Morgan fingerprint density at radius 3 is 2.35 bits per heavy atom. The van der Waals surface area contributed by atoms with Crippen LogP contribution in [0.4, 0.5) is 0 Å². The normalized spacial score (nSPS) is 11.1. The highest BCUT2D eigenvalue weighted by atomic mass is 32.2. The molecule has 0 aromatic heterocycles. The summed E-state index contributed by atoms with van der Waals surface area (Å²) < 4.78 is 24.1. The van der Waals surface area contributed by atoms with Crippen LogP contribution in [0.5, 0.6) is 5.75 Å². The summed E-state index contributed by atoms with van der Waals surface area (Å²) in [5, 5.41) is 12.3. The summed E-state index contributed by atoms with van der Waals surface area (Å²) in [4.78, 5) is 12.0. The third-order valence-corrected chi connectivity index (χ3v) is 5.14. The molecular weight excluding hydrogens is 314 g/mol. The van der Waals surface area contributed by atoms with Crippen LogP contribution in [0, 0.1) is 0 Å². The van der Waals surface area contributed by atoms with Crippen molar-refractivity contribution in [1.29, 1.82) is 0 Å². The fourth-order valence-electron chi connectivity index (χ4n) is 2.12. The molecule has 0 spiro atoms. The molecule has 2 rings (SSSR count). The van der Waals surface area contributed by atoms with Crippen LogP contribution in [0.1, 0.15) is 12.0 Å². The van der Waals surface area contributed by atoms with E-state index in [1.807, 2.05) is 6.07 Å². The van der Waals surface area contributed by atoms with Crippen molar-refractivity contribution in [2.24, 2.45) is 0 Å². The number of benzene rings is 2. The Kier molecular flexibility index (Phi) is 5.76. The number of para-hydroxylation sites is 1. The zero-order valence-corrected chi connectivity index (χ0v) is 13.4. The number of rotatable bonds is 7. The van der Waals surface area contributed by atoms with E-state index < -0.39 is 9.84 Å². The van der Waals surface area contributed by atoms with Gasteiger partial charge < -0.3 is 10.4 Å². The maximum absolute atomic E-state index is 12.1. The van der Waals surface area contributed by atoms with Gasteiger partial charge in [0.1, 0.15) is 5.75 Å². The Bertz CT molecular complexity index is 757. The van der Waals surface area contributed by atoms with E-state index in [0.29, 0.717) is 13.0 Å². The highest BCUT2D eigenvalue weighted by Gasteiger charge is 2.15. The molecule has 0 aliphatic carbocycles. The van der Waals surface area contributed by atoms with Crippen LogP contribution in [0.15, 0.2) is 59.5 Å². The maximum Gasteiger partial charge on any atom is 0.221 e. The van der Waals surface area contributed by atoms with Gasteiger partial charge in [0.25, 0.3) is 0 Å². The molecule has 0 fully saturated rings. The molecule has 6 heteroatoms. The van der Waals surface area contributed by atoms with Gasteiger partial charge in [-0.25, -0.2) is 8.42 Å². The van der Waals surface area contributed by atoms with Crippen molar-refractivity contribution in [3.8, 4) is 5.75 Å². The molecular formula is C17H19NO4S. The number of carbonyl (C=O) groups excluding carboxylic acids is 1. The number of hydrogen-bond donors (Lipinski definition) is 2. The van der Waals surface area contributed by atoms with Crippen molar-refractivity contribution in [3.63, 3.8) is 0 Å². The molecule has 2 aromatic carbocycles. The average Bonchev–Trinajstić information content (AvgIpc) is 2.56. The largest absolute Gasteiger partial charge is 0.508 e. The standard InChI is InChI=1S/C17H19NO4S/c19-16-9-5-4-6-14(16)10-12-18-17(20)11-13-23(21,22)15-7-2-1-3-8-15/h1-9,19H,10-13H2,(H,18,20). The van der Waals surface area contributed by atoms with E-state index in [4.69, 9.17) is 0 Å². The van der Waals surface area contributed by atoms with Crippen molar-refractivity contribution in [1.82, 2.24) is 5.32 Å². The molecule has 0 aliphatic rings. The van der Waals surface area contributed by atoms with Crippen LogP contribution in [0.25, 0.3) is 0 Å². The molecule has 0 saturated carbocycles. The zero-order chi connectivity index (χ0) is 16.7. The highest BCUT2D eigenvalue weighted by Crippen LogP contribution is 2.15. The molecule has 0 saturated heterocycles. The van der Waals surface area contributed by atoms with Crippen LogP contribution < -0.4 is 5.32 Å². The minimum atomic E-state index is -3.44. The van der Waals surface area contributed by atoms with Crippen molar-refractivity contribution in [2.45, 2.75) is 17.7 Å². The average molecular weight is 333 g/mol. The van der Waals surface area contributed by atoms with Crippen molar-refractivity contribution in [2.75, 3.05) is 12.3 Å². The Morgan fingerprint density at radius 2 is 1.65 bits per heavy atom. The van der Waals surface area contributed by atoms with Gasteiger partial charge in [-0.3, -0.25) is 4.79 Å². The Labute approximate surface area is 135 Å². The Hall–Kier alpha value is -2.34. The van der Waals surface area contributed by atoms with Crippen LogP contribution in [-0.4, -0.2) is 31.7 Å². The number of phenolic OH excluding ortho intramolecular Hbond substituents is 1. The number of sulfone groups is 1. The fourth-order valence-corrected chi connectivity index (χ4v) is 3.38. The number of amides is 1. The first-order valence-corrected chi connectivity index (χ1v) is 8.95. The van der Waals surface area contributed by atoms with Crippen LogP contribution >= 0.6 is 0 Å². The third kappa shape index (κ3) is 5.10. The van der Waals surface area contributed by atoms with E-state index in [9.17, 15) is 18.3 Å². The predicted octanol–water partition coefficient (Wildman–Crippen LogP) is 1.91. The van der Waals surface area contributed by atoms with E-state index in [1.165, 1.54) is 12.1 Å². The summed E-state index contributed by atoms with van der Waals surface area (Å²) in [6.45, 7) is 0.349. The van der Waals surface area contributed by atoms with Gasteiger partial charge in [0.2, 0.25) is 5.91 Å². The van der Waals surface area contributed by atoms with Gasteiger partial charge in [-0.1, -0.05) is 36.4 Å². The Balaban J connectivity index is 1.78. The maximum atomic E-state index is 12.1. The summed E-state index contributed by atoms with van der Waals surface area (Å²) >= 11 is 0. The molecule has 0 heterocycles. The second kappa shape index (κ2) is 7.78. The minimum absolute atomic E-state index is 0.0853. The molecule has 5 nitrogen and oxygen atoms in total. The lowest BCUT2D eigenvalue weighted by Crippen LogP contribution is -2.27. The van der Waals surface area contributed by atoms with Crippen LogP contribution in [-0.2, 0) is 21.1 Å². The number of aromatic hydroxyl groups is 1. The number of phenols is 1. The SMILES string of the molecule is O=C(CCS(=O)(=O)c1ccccc1)NCCc1ccccc1O. The molecule has 2 aromatic rings. The van der Waals surface area contributed by atoms with E-state index in [0.717, 1.165) is 5.56 Å². The molecule has 122 valence electrons. The minimum Gasteiger partial charge on any atom is -0.508 e. The molecule has 1 amide bonds. The fraction of sp³-hybridized carbons (Fsp3) is 0.235. The molecule has 2 N–H and O–H groups in total. The van der Waals surface area contributed by atoms with Crippen molar-refractivity contribution >= 4 is 15.7 Å². The molecule has 23 heavy (non-hydrogen) atoms. The van der Waals surface area contributed by atoms with E-state index in [-0.39, 0.29) is 28.7 Å². The second-order valence-corrected chi connectivity index (χ2v) is 7.22. The molecule has 0 atom stereocenters. The second-order valence-electron chi connectivity index (χ2n) is 5.11. The first-order chi connectivity index (χ1) is 11.0. The van der Waals surface area contributed by atoms with Crippen molar-refractivity contribution < 1.29 is 18.3 Å². The molecule has 0 radical (unpaired) electrons. The summed E-state index contributed by atoms with van der Waals surface area (Å²) in [6, 6.07) is 15.0. The lowest BCUT2D eigenvalue weighted by Gasteiger charge is -2.07. The zero-order valence-electron chi connectivity index (χ0n) is 12.6. The van der Waals surface area contributed by atoms with E-state index >= 15 is 0 Å². The van der Waals surface area contributed by atoms with Gasteiger partial charge in [-0.15, -0.1) is 0 Å². The predicted molar refractivity (Wildman–Crippen MR) is 87.9 cm³/mol. The van der Waals surface area contributed by atoms with Crippen LogP contribution in [0.3, 0.4) is 0 Å². The summed E-state index contributed by atoms with van der Waals surface area (Å²) in [6.07, 6.45) is 0.405. The summed E-state index contributed by atoms with van der Waals surface area (Å²) in [7, 11) is -3.44. The van der Waals surface area contributed by atoms with Gasteiger partial charge in [-0.2, -0.15) is 0 Å².